The highest BCUT2D eigenvalue weighted by molar-refractivity contribution is 5.68. The molecule has 1 aromatic carbocycles. The van der Waals surface area contributed by atoms with Crippen LogP contribution >= 0.6 is 0 Å². The zero-order valence-electron chi connectivity index (χ0n) is 11.9. The standard InChI is InChI=1S/C16H20O4/c1-9-5-12-6-11(7-14(19-2)16(12)20-9)13(8-15(17)18)10-3-4-10/h6-7,9-10,13H,3-5,8H2,1-2H3,(H,17,18). The zero-order chi connectivity index (χ0) is 14.3. The second-order valence-corrected chi connectivity index (χ2v) is 5.89. The second-order valence-electron chi connectivity index (χ2n) is 5.89. The molecule has 0 amide bonds. The van der Waals surface area contributed by atoms with Gasteiger partial charge in [0.2, 0.25) is 0 Å². The van der Waals surface area contributed by atoms with E-state index in [1.165, 1.54) is 0 Å². The summed E-state index contributed by atoms with van der Waals surface area (Å²) < 4.78 is 11.2. The van der Waals surface area contributed by atoms with Crippen LogP contribution in [0.3, 0.4) is 0 Å². The van der Waals surface area contributed by atoms with Gasteiger partial charge in [-0.05, 0) is 43.2 Å². The first-order valence-electron chi connectivity index (χ1n) is 7.17. The minimum atomic E-state index is -0.731. The zero-order valence-corrected chi connectivity index (χ0v) is 11.9. The summed E-state index contributed by atoms with van der Waals surface area (Å²) in [5, 5.41) is 9.13. The molecule has 1 saturated carbocycles. The molecule has 1 fully saturated rings. The summed E-state index contributed by atoms with van der Waals surface area (Å²) in [6.07, 6.45) is 3.48. The molecule has 1 heterocycles. The van der Waals surface area contributed by atoms with E-state index in [9.17, 15) is 4.79 Å². The first-order valence-corrected chi connectivity index (χ1v) is 7.17. The number of hydrogen-bond donors (Lipinski definition) is 1. The number of hydrogen-bond acceptors (Lipinski definition) is 3. The quantitative estimate of drug-likeness (QED) is 0.898. The normalized spacial score (nSPS) is 22.0. The molecule has 20 heavy (non-hydrogen) atoms. The maximum Gasteiger partial charge on any atom is 0.303 e. The Bertz CT molecular complexity index is 534. The summed E-state index contributed by atoms with van der Waals surface area (Å²) in [5.74, 6) is 1.44. The fourth-order valence-electron chi connectivity index (χ4n) is 3.13. The maximum absolute atomic E-state index is 11.1. The molecule has 0 bridgehead atoms. The Balaban J connectivity index is 1.96. The minimum absolute atomic E-state index is 0.0996. The van der Waals surface area contributed by atoms with Crippen molar-refractivity contribution in [2.75, 3.05) is 7.11 Å². The van der Waals surface area contributed by atoms with Crippen molar-refractivity contribution in [3.8, 4) is 11.5 Å². The SMILES string of the molecule is COc1cc(C(CC(=O)O)C2CC2)cc2c1OC(C)C2. The van der Waals surface area contributed by atoms with Crippen LogP contribution in [0.4, 0.5) is 0 Å². The van der Waals surface area contributed by atoms with Crippen molar-refractivity contribution < 1.29 is 19.4 Å². The Morgan fingerprint density at radius 3 is 2.85 bits per heavy atom. The van der Waals surface area contributed by atoms with Gasteiger partial charge in [-0.1, -0.05) is 6.07 Å². The first kappa shape index (κ1) is 13.3. The number of ether oxygens (including phenoxy) is 2. The van der Waals surface area contributed by atoms with Crippen LogP contribution in [0, 0.1) is 5.92 Å². The van der Waals surface area contributed by atoms with E-state index in [1.54, 1.807) is 7.11 Å². The van der Waals surface area contributed by atoms with Crippen molar-refractivity contribution in [1.82, 2.24) is 0 Å². The molecule has 0 aromatic heterocycles. The van der Waals surface area contributed by atoms with Gasteiger partial charge in [0.25, 0.3) is 0 Å². The predicted octanol–water partition coefficient (Wildman–Crippen LogP) is 2.99. The van der Waals surface area contributed by atoms with Crippen LogP contribution in [0.25, 0.3) is 0 Å². The summed E-state index contributed by atoms with van der Waals surface area (Å²) in [5.41, 5.74) is 2.23. The van der Waals surface area contributed by atoms with Crippen molar-refractivity contribution in [2.24, 2.45) is 5.92 Å². The number of aliphatic carboxylic acids is 1. The van der Waals surface area contributed by atoms with E-state index in [0.717, 1.165) is 41.9 Å². The number of rotatable bonds is 5. The van der Waals surface area contributed by atoms with Crippen LogP contribution in [0.2, 0.25) is 0 Å². The molecule has 0 saturated heterocycles. The molecule has 0 radical (unpaired) electrons. The van der Waals surface area contributed by atoms with Gasteiger partial charge in [-0.15, -0.1) is 0 Å². The Morgan fingerprint density at radius 1 is 1.50 bits per heavy atom. The third-order valence-electron chi connectivity index (χ3n) is 4.21. The second kappa shape index (κ2) is 5.00. The highest BCUT2D eigenvalue weighted by Gasteiger charge is 2.35. The Kier molecular flexibility index (Phi) is 3.32. The third kappa shape index (κ3) is 2.47. The van der Waals surface area contributed by atoms with Crippen molar-refractivity contribution in [3.63, 3.8) is 0 Å². The molecule has 4 nitrogen and oxygen atoms in total. The molecule has 1 aliphatic heterocycles. The predicted molar refractivity (Wildman–Crippen MR) is 74.5 cm³/mol. The Hall–Kier alpha value is -1.71. The van der Waals surface area contributed by atoms with Gasteiger partial charge in [-0.25, -0.2) is 0 Å². The topological polar surface area (TPSA) is 55.8 Å². The van der Waals surface area contributed by atoms with Gasteiger partial charge in [-0.3, -0.25) is 4.79 Å². The number of carboxylic acid groups (broad SMARTS) is 1. The van der Waals surface area contributed by atoms with E-state index in [0.29, 0.717) is 5.92 Å². The highest BCUT2D eigenvalue weighted by atomic mass is 16.5. The van der Waals surface area contributed by atoms with Crippen LogP contribution in [-0.4, -0.2) is 24.3 Å². The van der Waals surface area contributed by atoms with Gasteiger partial charge in [0, 0.05) is 12.0 Å². The lowest BCUT2D eigenvalue weighted by molar-refractivity contribution is -0.137. The van der Waals surface area contributed by atoms with Crippen molar-refractivity contribution in [1.29, 1.82) is 0 Å². The smallest absolute Gasteiger partial charge is 0.303 e. The minimum Gasteiger partial charge on any atom is -0.493 e. The van der Waals surface area contributed by atoms with E-state index in [-0.39, 0.29) is 18.4 Å². The summed E-state index contributed by atoms with van der Waals surface area (Å²) in [4.78, 5) is 11.1. The molecule has 108 valence electrons. The average Bonchev–Trinajstić information content (AvgIpc) is 3.16. The number of carboxylic acids is 1. The monoisotopic (exact) mass is 276 g/mol. The van der Waals surface area contributed by atoms with Gasteiger partial charge in [0.1, 0.15) is 6.10 Å². The van der Waals surface area contributed by atoms with Gasteiger partial charge >= 0.3 is 5.97 Å². The van der Waals surface area contributed by atoms with E-state index in [1.807, 2.05) is 13.0 Å². The maximum atomic E-state index is 11.1. The molecule has 2 aliphatic rings. The van der Waals surface area contributed by atoms with E-state index in [2.05, 4.69) is 6.07 Å². The molecule has 1 aliphatic carbocycles. The molecular weight excluding hydrogens is 256 g/mol. The number of fused-ring (bicyclic) bond motifs is 1. The Morgan fingerprint density at radius 2 is 2.25 bits per heavy atom. The van der Waals surface area contributed by atoms with E-state index in [4.69, 9.17) is 14.6 Å². The molecule has 1 N–H and O–H groups in total. The van der Waals surface area contributed by atoms with Crippen LogP contribution in [0.1, 0.15) is 43.2 Å². The van der Waals surface area contributed by atoms with Crippen molar-refractivity contribution in [2.45, 2.75) is 44.6 Å². The molecule has 2 unspecified atom stereocenters. The highest BCUT2D eigenvalue weighted by Crippen LogP contribution is 2.48. The number of carbonyl (C=O) groups is 1. The lowest BCUT2D eigenvalue weighted by atomic mass is 9.89. The molecule has 4 heteroatoms. The van der Waals surface area contributed by atoms with Crippen LogP contribution < -0.4 is 9.47 Å². The van der Waals surface area contributed by atoms with Crippen LogP contribution in [0.15, 0.2) is 12.1 Å². The average molecular weight is 276 g/mol. The lowest BCUT2D eigenvalue weighted by Gasteiger charge is -2.17. The van der Waals surface area contributed by atoms with Crippen molar-refractivity contribution in [3.05, 3.63) is 23.3 Å². The Labute approximate surface area is 118 Å². The molecular formula is C16H20O4. The molecule has 3 rings (SSSR count). The summed E-state index contributed by atoms with van der Waals surface area (Å²) in [6, 6.07) is 4.08. The van der Waals surface area contributed by atoms with E-state index < -0.39 is 5.97 Å². The largest absolute Gasteiger partial charge is 0.493 e. The summed E-state index contributed by atoms with van der Waals surface area (Å²) >= 11 is 0. The van der Waals surface area contributed by atoms with Crippen molar-refractivity contribution >= 4 is 5.97 Å². The first-order chi connectivity index (χ1) is 9.58. The van der Waals surface area contributed by atoms with E-state index >= 15 is 0 Å². The van der Waals surface area contributed by atoms with Crippen LogP contribution in [0.5, 0.6) is 11.5 Å². The molecule has 0 spiro atoms. The lowest BCUT2D eigenvalue weighted by Crippen LogP contribution is -2.09. The summed E-state index contributed by atoms with van der Waals surface area (Å²) in [6.45, 7) is 2.04. The summed E-state index contributed by atoms with van der Waals surface area (Å²) in [7, 11) is 1.63. The fourth-order valence-corrected chi connectivity index (χ4v) is 3.13. The number of methoxy groups -OCH3 is 1. The van der Waals surface area contributed by atoms with Gasteiger partial charge < -0.3 is 14.6 Å². The molecule has 1 aromatic rings. The van der Waals surface area contributed by atoms with Gasteiger partial charge in [0.15, 0.2) is 11.5 Å². The third-order valence-corrected chi connectivity index (χ3v) is 4.21. The van der Waals surface area contributed by atoms with Gasteiger partial charge in [0.05, 0.1) is 13.5 Å². The number of benzene rings is 1. The fraction of sp³-hybridized carbons (Fsp3) is 0.562. The van der Waals surface area contributed by atoms with Crippen LogP contribution in [-0.2, 0) is 11.2 Å². The van der Waals surface area contributed by atoms with Gasteiger partial charge in [-0.2, -0.15) is 0 Å². The molecule has 2 atom stereocenters.